The zero-order chi connectivity index (χ0) is 21.0. The van der Waals surface area contributed by atoms with Crippen molar-refractivity contribution in [3.05, 3.63) is 64.2 Å². The van der Waals surface area contributed by atoms with Gasteiger partial charge in [0.05, 0.1) is 16.5 Å². The van der Waals surface area contributed by atoms with Crippen LogP contribution in [0.15, 0.2) is 47.6 Å². The number of carbonyl (C=O) groups excluding carboxylic acids is 1. The van der Waals surface area contributed by atoms with Gasteiger partial charge in [-0.1, -0.05) is 35.0 Å². The van der Waals surface area contributed by atoms with E-state index in [1.165, 1.54) is 23.9 Å². The number of rotatable bonds is 7. The lowest BCUT2D eigenvalue weighted by atomic mass is 10.3. The van der Waals surface area contributed by atoms with Crippen LogP contribution in [0.4, 0.5) is 10.1 Å². The molecule has 1 N–H and O–H groups in total. The third-order valence-corrected chi connectivity index (χ3v) is 5.46. The van der Waals surface area contributed by atoms with Crippen LogP contribution >= 0.6 is 35.0 Å². The maximum Gasteiger partial charge on any atom is 0.234 e. The average molecular weight is 455 g/mol. The van der Waals surface area contributed by atoms with Gasteiger partial charge in [-0.05, 0) is 49.4 Å². The first-order chi connectivity index (χ1) is 13.8. The first-order valence-corrected chi connectivity index (χ1v) is 10.3. The second kappa shape index (κ2) is 9.47. The monoisotopic (exact) mass is 454 g/mol. The normalized spacial score (nSPS) is 11.9. The molecule has 0 bridgehead atoms. The lowest BCUT2D eigenvalue weighted by Gasteiger charge is -2.14. The van der Waals surface area contributed by atoms with Crippen molar-refractivity contribution < 1.29 is 13.9 Å². The summed E-state index contributed by atoms with van der Waals surface area (Å²) in [4.78, 5) is 12.2. The lowest BCUT2D eigenvalue weighted by Crippen LogP contribution is -2.15. The second-order valence-corrected chi connectivity index (χ2v) is 7.86. The fourth-order valence-electron chi connectivity index (χ4n) is 2.48. The van der Waals surface area contributed by atoms with Crippen molar-refractivity contribution in [3.63, 3.8) is 0 Å². The summed E-state index contributed by atoms with van der Waals surface area (Å²) in [5, 5.41) is 12.4. The summed E-state index contributed by atoms with van der Waals surface area (Å²) in [5.74, 6) is 0.659. The highest BCUT2D eigenvalue weighted by Gasteiger charge is 2.18. The molecule has 1 amide bonds. The highest BCUT2D eigenvalue weighted by molar-refractivity contribution is 7.99. The molecule has 1 unspecified atom stereocenters. The summed E-state index contributed by atoms with van der Waals surface area (Å²) >= 11 is 13.1. The summed E-state index contributed by atoms with van der Waals surface area (Å²) in [7, 11) is 1.79. The van der Waals surface area contributed by atoms with Gasteiger partial charge >= 0.3 is 0 Å². The standard InChI is InChI=1S/C19H17Cl2FN4O2S/c1-11(28-14-6-4-13(22)5-7-14)18-24-25-19(26(18)2)29-10-17(27)23-16-8-3-12(20)9-15(16)21/h3-9,11H,10H2,1-2H3,(H,23,27). The van der Waals surface area contributed by atoms with Crippen LogP contribution in [0, 0.1) is 5.82 Å². The number of aromatic nitrogens is 3. The summed E-state index contributed by atoms with van der Waals surface area (Å²) in [5.41, 5.74) is 0.488. The van der Waals surface area contributed by atoms with Gasteiger partial charge in [-0.2, -0.15) is 0 Å². The first kappa shape index (κ1) is 21.4. The third-order valence-electron chi connectivity index (χ3n) is 3.90. The van der Waals surface area contributed by atoms with Crippen LogP contribution in [0.1, 0.15) is 18.9 Å². The average Bonchev–Trinajstić information content (AvgIpc) is 3.05. The number of thioether (sulfide) groups is 1. The molecule has 10 heteroatoms. The summed E-state index contributed by atoms with van der Waals surface area (Å²) < 4.78 is 20.5. The van der Waals surface area contributed by atoms with Crippen molar-refractivity contribution in [2.75, 3.05) is 11.1 Å². The van der Waals surface area contributed by atoms with Crippen LogP contribution in [0.5, 0.6) is 5.75 Å². The van der Waals surface area contributed by atoms with Crippen molar-refractivity contribution in [1.82, 2.24) is 14.8 Å². The molecule has 0 aliphatic carbocycles. The number of hydrogen-bond acceptors (Lipinski definition) is 5. The van der Waals surface area contributed by atoms with Gasteiger partial charge in [-0.3, -0.25) is 4.79 Å². The van der Waals surface area contributed by atoms with E-state index in [-0.39, 0.29) is 17.5 Å². The van der Waals surface area contributed by atoms with E-state index in [0.29, 0.717) is 32.5 Å². The van der Waals surface area contributed by atoms with Gasteiger partial charge in [0.2, 0.25) is 5.91 Å². The SMILES string of the molecule is CC(Oc1ccc(F)cc1)c1nnc(SCC(=O)Nc2ccc(Cl)cc2Cl)n1C. The molecule has 0 saturated heterocycles. The minimum absolute atomic E-state index is 0.123. The predicted molar refractivity (Wildman–Crippen MR) is 112 cm³/mol. The molecule has 29 heavy (non-hydrogen) atoms. The van der Waals surface area contributed by atoms with Gasteiger partial charge in [0, 0.05) is 12.1 Å². The Kier molecular flexibility index (Phi) is 7.00. The van der Waals surface area contributed by atoms with Crippen LogP contribution in [-0.4, -0.2) is 26.4 Å². The minimum atomic E-state index is -0.408. The van der Waals surface area contributed by atoms with E-state index in [1.54, 1.807) is 41.9 Å². The van der Waals surface area contributed by atoms with Crippen LogP contribution in [0.25, 0.3) is 0 Å². The molecule has 0 aliphatic rings. The van der Waals surface area contributed by atoms with Crippen molar-refractivity contribution in [2.24, 2.45) is 7.05 Å². The number of amides is 1. The molecule has 0 fully saturated rings. The molecule has 3 rings (SSSR count). The van der Waals surface area contributed by atoms with E-state index < -0.39 is 6.10 Å². The maximum absolute atomic E-state index is 13.0. The van der Waals surface area contributed by atoms with Crippen molar-refractivity contribution in [3.8, 4) is 5.75 Å². The Balaban J connectivity index is 1.58. The quantitative estimate of drug-likeness (QED) is 0.501. The van der Waals surface area contributed by atoms with Gasteiger partial charge in [-0.25, -0.2) is 4.39 Å². The highest BCUT2D eigenvalue weighted by atomic mass is 35.5. The van der Waals surface area contributed by atoms with Crippen molar-refractivity contribution >= 4 is 46.6 Å². The van der Waals surface area contributed by atoms with Crippen LogP contribution < -0.4 is 10.1 Å². The lowest BCUT2D eigenvalue weighted by molar-refractivity contribution is -0.113. The number of nitrogens with one attached hydrogen (secondary N) is 1. The summed E-state index contributed by atoms with van der Waals surface area (Å²) in [6.45, 7) is 1.82. The fraction of sp³-hybridized carbons (Fsp3) is 0.211. The third kappa shape index (κ3) is 5.62. The summed E-state index contributed by atoms with van der Waals surface area (Å²) in [6, 6.07) is 10.6. The molecule has 0 aliphatic heterocycles. The van der Waals surface area contributed by atoms with Gasteiger partial charge in [0.1, 0.15) is 11.6 Å². The van der Waals surface area contributed by atoms with Crippen molar-refractivity contribution in [1.29, 1.82) is 0 Å². The zero-order valence-corrected chi connectivity index (χ0v) is 17.9. The Morgan fingerprint density at radius 3 is 2.66 bits per heavy atom. The number of hydrogen-bond donors (Lipinski definition) is 1. The number of ether oxygens (including phenoxy) is 1. The van der Waals surface area contributed by atoms with Crippen molar-refractivity contribution in [2.45, 2.75) is 18.2 Å². The fourth-order valence-corrected chi connectivity index (χ4v) is 3.66. The molecule has 2 aromatic carbocycles. The molecule has 1 aromatic heterocycles. The van der Waals surface area contributed by atoms with Gasteiger partial charge in [0.25, 0.3) is 0 Å². The number of anilines is 1. The predicted octanol–water partition coefficient (Wildman–Crippen LogP) is 5.13. The smallest absolute Gasteiger partial charge is 0.234 e. The first-order valence-electron chi connectivity index (χ1n) is 8.52. The van der Waals surface area contributed by atoms with E-state index in [9.17, 15) is 9.18 Å². The van der Waals surface area contributed by atoms with Gasteiger partial charge in [-0.15, -0.1) is 10.2 Å². The largest absolute Gasteiger partial charge is 0.483 e. The molecule has 1 heterocycles. The van der Waals surface area contributed by atoms with E-state index in [1.807, 2.05) is 6.92 Å². The Morgan fingerprint density at radius 1 is 1.24 bits per heavy atom. The molecule has 6 nitrogen and oxygen atoms in total. The van der Waals surface area contributed by atoms with Gasteiger partial charge in [0.15, 0.2) is 17.1 Å². The molecule has 1 atom stereocenters. The highest BCUT2D eigenvalue weighted by Crippen LogP contribution is 2.27. The topological polar surface area (TPSA) is 69.0 Å². The van der Waals surface area contributed by atoms with E-state index in [2.05, 4.69) is 15.5 Å². The zero-order valence-electron chi connectivity index (χ0n) is 15.5. The number of benzene rings is 2. The molecule has 0 radical (unpaired) electrons. The molecule has 0 spiro atoms. The Morgan fingerprint density at radius 2 is 1.97 bits per heavy atom. The summed E-state index contributed by atoms with van der Waals surface area (Å²) in [6.07, 6.45) is -0.408. The van der Waals surface area contributed by atoms with Gasteiger partial charge < -0.3 is 14.6 Å². The Labute approximate surface area is 181 Å². The van der Waals surface area contributed by atoms with E-state index in [0.717, 1.165) is 0 Å². The van der Waals surface area contributed by atoms with Crippen LogP contribution in [0.2, 0.25) is 10.0 Å². The molecular weight excluding hydrogens is 438 g/mol. The number of carbonyl (C=O) groups is 1. The number of halogens is 3. The molecular formula is C19H17Cl2FN4O2S. The molecule has 0 saturated carbocycles. The Bertz CT molecular complexity index is 1010. The number of nitrogens with zero attached hydrogens (tertiary/aromatic N) is 3. The van der Waals surface area contributed by atoms with Crippen LogP contribution in [0.3, 0.4) is 0 Å². The van der Waals surface area contributed by atoms with E-state index in [4.69, 9.17) is 27.9 Å². The maximum atomic E-state index is 13.0. The second-order valence-electron chi connectivity index (χ2n) is 6.07. The van der Waals surface area contributed by atoms with Crippen LogP contribution in [-0.2, 0) is 11.8 Å². The van der Waals surface area contributed by atoms with E-state index >= 15 is 0 Å². The minimum Gasteiger partial charge on any atom is -0.483 e. The molecule has 152 valence electrons. The molecule has 3 aromatic rings. The Hall–Kier alpha value is -2.29.